The molecule has 0 bridgehead atoms. The topological polar surface area (TPSA) is 29.3 Å². The lowest BCUT2D eigenvalue weighted by molar-refractivity contribution is 0.631. The first-order chi connectivity index (χ1) is 9.58. The van der Waals surface area contributed by atoms with Gasteiger partial charge >= 0.3 is 0 Å². The number of nitrogens with zero attached hydrogens (tertiary/aromatic N) is 1. The predicted octanol–water partition coefficient (Wildman–Crippen LogP) is 4.65. The van der Waals surface area contributed by atoms with E-state index in [0.717, 1.165) is 17.4 Å². The molecule has 0 saturated heterocycles. The summed E-state index contributed by atoms with van der Waals surface area (Å²) in [6, 6.07) is 9.25. The van der Waals surface area contributed by atoms with Crippen LogP contribution in [0.2, 0.25) is 0 Å². The molecule has 4 heteroatoms. The Balaban J connectivity index is 1.94. The van der Waals surface area contributed by atoms with Crippen molar-refractivity contribution in [3.8, 4) is 0 Å². The number of rotatable bonds is 2. The summed E-state index contributed by atoms with van der Waals surface area (Å²) in [6.07, 6.45) is 1.14. The maximum atomic E-state index is 5.95. The van der Waals surface area contributed by atoms with Crippen LogP contribution in [0.15, 0.2) is 34.1 Å². The monoisotopic (exact) mass is 350 g/mol. The third kappa shape index (κ3) is 2.41. The molecule has 2 unspecified atom stereocenters. The highest BCUT2D eigenvalue weighted by molar-refractivity contribution is 9.10. The van der Waals surface area contributed by atoms with E-state index in [0.29, 0.717) is 6.04 Å². The van der Waals surface area contributed by atoms with Crippen LogP contribution in [0.5, 0.6) is 0 Å². The lowest BCUT2D eigenvalue weighted by Crippen LogP contribution is -2.33. The minimum absolute atomic E-state index is 0.0719. The van der Waals surface area contributed by atoms with Gasteiger partial charge in [-0.25, -0.2) is 0 Å². The Hall–Kier alpha value is -0.840. The van der Waals surface area contributed by atoms with Crippen LogP contribution in [0.1, 0.15) is 41.9 Å². The first-order valence-corrected chi connectivity index (χ1v) is 8.63. The second-order valence-electron chi connectivity index (χ2n) is 5.42. The summed E-state index contributed by atoms with van der Waals surface area (Å²) < 4.78 is 1.14. The third-order valence-electron chi connectivity index (χ3n) is 4.08. The van der Waals surface area contributed by atoms with Gasteiger partial charge in [-0.15, -0.1) is 11.3 Å². The molecule has 1 aromatic heterocycles. The fraction of sp³-hybridized carbons (Fsp3) is 0.375. The standard InChI is InChI=1S/C16H19BrN2S/c1-10(18)12-3-4-15(14(17)9-12)19-7-5-16-13(11(19)2)6-8-20-16/h3-4,6,8-11H,5,7,18H2,1-2H3. The van der Waals surface area contributed by atoms with Crippen molar-refractivity contribution in [2.45, 2.75) is 32.4 Å². The largest absolute Gasteiger partial charge is 0.363 e. The van der Waals surface area contributed by atoms with E-state index in [1.807, 2.05) is 18.3 Å². The SMILES string of the molecule is CC(N)c1ccc(N2CCc3sccc3C2C)c(Br)c1. The molecule has 2 N–H and O–H groups in total. The molecule has 2 aromatic rings. The van der Waals surface area contributed by atoms with Crippen LogP contribution in [0, 0.1) is 0 Å². The molecule has 0 amide bonds. The number of halogens is 1. The average Bonchev–Trinajstić information content (AvgIpc) is 2.89. The van der Waals surface area contributed by atoms with E-state index < -0.39 is 0 Å². The van der Waals surface area contributed by atoms with Gasteiger partial charge < -0.3 is 10.6 Å². The van der Waals surface area contributed by atoms with Gasteiger partial charge in [0.2, 0.25) is 0 Å². The fourth-order valence-electron chi connectivity index (χ4n) is 2.88. The second-order valence-corrected chi connectivity index (χ2v) is 7.27. The van der Waals surface area contributed by atoms with Crippen LogP contribution in [0.25, 0.3) is 0 Å². The molecular weight excluding hydrogens is 332 g/mol. The van der Waals surface area contributed by atoms with Crippen LogP contribution in [0.4, 0.5) is 5.69 Å². The van der Waals surface area contributed by atoms with Crippen molar-refractivity contribution in [2.75, 3.05) is 11.4 Å². The van der Waals surface area contributed by atoms with Crippen LogP contribution < -0.4 is 10.6 Å². The Kier molecular flexibility index (Phi) is 3.89. The Morgan fingerprint density at radius 2 is 2.20 bits per heavy atom. The summed E-state index contributed by atoms with van der Waals surface area (Å²) in [5.41, 5.74) is 9.86. The molecule has 0 saturated carbocycles. The number of thiophene rings is 1. The highest BCUT2D eigenvalue weighted by Gasteiger charge is 2.26. The molecule has 3 rings (SSSR count). The van der Waals surface area contributed by atoms with Gasteiger partial charge in [-0.1, -0.05) is 6.07 Å². The zero-order valence-electron chi connectivity index (χ0n) is 11.8. The molecule has 0 radical (unpaired) electrons. The van der Waals surface area contributed by atoms with Crippen LogP contribution in [-0.4, -0.2) is 6.54 Å². The van der Waals surface area contributed by atoms with E-state index in [1.165, 1.54) is 21.7 Å². The molecule has 2 heterocycles. The van der Waals surface area contributed by atoms with E-state index in [4.69, 9.17) is 5.73 Å². The average molecular weight is 351 g/mol. The van der Waals surface area contributed by atoms with E-state index in [2.05, 4.69) is 57.4 Å². The second kappa shape index (κ2) is 5.51. The highest BCUT2D eigenvalue weighted by atomic mass is 79.9. The highest BCUT2D eigenvalue weighted by Crippen LogP contribution is 2.39. The summed E-state index contributed by atoms with van der Waals surface area (Å²) in [6.45, 7) is 5.38. The summed E-state index contributed by atoms with van der Waals surface area (Å²) >= 11 is 5.60. The first-order valence-electron chi connectivity index (χ1n) is 6.96. The summed E-state index contributed by atoms with van der Waals surface area (Å²) in [5, 5.41) is 2.21. The van der Waals surface area contributed by atoms with E-state index >= 15 is 0 Å². The van der Waals surface area contributed by atoms with Gasteiger partial charge in [0.15, 0.2) is 0 Å². The Bertz CT molecular complexity index is 621. The van der Waals surface area contributed by atoms with Gasteiger partial charge in [-0.2, -0.15) is 0 Å². The number of hydrogen-bond donors (Lipinski definition) is 1. The lowest BCUT2D eigenvalue weighted by atomic mass is 10.00. The van der Waals surface area contributed by atoms with Crippen molar-refractivity contribution >= 4 is 33.0 Å². The van der Waals surface area contributed by atoms with Crippen LogP contribution >= 0.6 is 27.3 Å². The van der Waals surface area contributed by atoms with Crippen LogP contribution in [-0.2, 0) is 6.42 Å². The molecule has 0 fully saturated rings. The molecule has 0 aliphatic carbocycles. The maximum absolute atomic E-state index is 5.95. The van der Waals surface area contributed by atoms with E-state index in [1.54, 1.807) is 0 Å². The van der Waals surface area contributed by atoms with Gasteiger partial charge in [0.1, 0.15) is 0 Å². The Morgan fingerprint density at radius 1 is 1.40 bits per heavy atom. The van der Waals surface area contributed by atoms with E-state index in [-0.39, 0.29) is 6.04 Å². The lowest BCUT2D eigenvalue weighted by Gasteiger charge is -2.36. The summed E-state index contributed by atoms with van der Waals surface area (Å²) in [4.78, 5) is 4.02. The van der Waals surface area contributed by atoms with E-state index in [9.17, 15) is 0 Å². The number of anilines is 1. The number of fused-ring (bicyclic) bond motifs is 1. The third-order valence-corrected chi connectivity index (χ3v) is 5.72. The van der Waals surface area contributed by atoms with Crippen molar-refractivity contribution in [1.29, 1.82) is 0 Å². The number of hydrogen-bond acceptors (Lipinski definition) is 3. The summed E-state index contributed by atoms with van der Waals surface area (Å²) in [7, 11) is 0. The first kappa shape index (κ1) is 14.1. The minimum atomic E-state index is 0.0719. The molecule has 0 spiro atoms. The molecule has 1 aromatic carbocycles. The molecule has 1 aliphatic heterocycles. The van der Waals surface area contributed by atoms with Crippen molar-refractivity contribution in [1.82, 2.24) is 0 Å². The molecule has 20 heavy (non-hydrogen) atoms. The van der Waals surface area contributed by atoms with Crippen molar-refractivity contribution in [3.63, 3.8) is 0 Å². The zero-order valence-corrected chi connectivity index (χ0v) is 14.2. The normalized spacial score (nSPS) is 19.8. The molecule has 1 aliphatic rings. The quantitative estimate of drug-likeness (QED) is 0.853. The maximum Gasteiger partial charge on any atom is 0.0525 e. The van der Waals surface area contributed by atoms with Gasteiger partial charge in [-0.3, -0.25) is 0 Å². The number of benzene rings is 1. The molecule has 106 valence electrons. The summed E-state index contributed by atoms with van der Waals surface area (Å²) in [5.74, 6) is 0. The fourth-order valence-corrected chi connectivity index (χ4v) is 4.46. The Labute approximate surface area is 132 Å². The van der Waals surface area contributed by atoms with Gasteiger partial charge in [0.05, 0.1) is 11.7 Å². The van der Waals surface area contributed by atoms with Gasteiger partial charge in [0, 0.05) is 21.9 Å². The van der Waals surface area contributed by atoms with Crippen LogP contribution in [0.3, 0.4) is 0 Å². The molecule has 2 atom stereocenters. The van der Waals surface area contributed by atoms with Crippen molar-refractivity contribution in [2.24, 2.45) is 5.73 Å². The Morgan fingerprint density at radius 3 is 2.90 bits per heavy atom. The van der Waals surface area contributed by atoms with Gasteiger partial charge in [-0.05, 0) is 70.9 Å². The van der Waals surface area contributed by atoms with Gasteiger partial charge in [0.25, 0.3) is 0 Å². The molecule has 2 nitrogen and oxygen atoms in total. The smallest absolute Gasteiger partial charge is 0.0525 e. The van der Waals surface area contributed by atoms with Crippen molar-refractivity contribution < 1.29 is 0 Å². The predicted molar refractivity (Wildman–Crippen MR) is 90.5 cm³/mol. The molecular formula is C16H19BrN2S. The van der Waals surface area contributed by atoms with Crippen molar-refractivity contribution in [3.05, 3.63) is 50.1 Å². The number of nitrogens with two attached hydrogens (primary N) is 1. The minimum Gasteiger partial charge on any atom is -0.363 e. The zero-order chi connectivity index (χ0) is 14.3.